The number of carboxylic acid groups (broad SMARTS) is 1. The summed E-state index contributed by atoms with van der Waals surface area (Å²) >= 11 is 0. The number of amides is 1. The quantitative estimate of drug-likeness (QED) is 0.656. The van der Waals surface area contributed by atoms with Gasteiger partial charge in [0.25, 0.3) is 0 Å². The number of carbonyl (C=O) groups is 1. The Kier molecular flexibility index (Phi) is 6.66. The Morgan fingerprint density at radius 2 is 2.00 bits per heavy atom. The van der Waals surface area contributed by atoms with E-state index in [2.05, 4.69) is 10.00 Å². The van der Waals surface area contributed by atoms with Crippen LogP contribution in [0.3, 0.4) is 0 Å². The molecule has 1 saturated heterocycles. The van der Waals surface area contributed by atoms with Gasteiger partial charge in [-0.2, -0.15) is 5.10 Å². The number of aromatic nitrogens is 2. The van der Waals surface area contributed by atoms with E-state index >= 15 is 0 Å². The van der Waals surface area contributed by atoms with E-state index in [-0.39, 0.29) is 24.1 Å². The molecule has 1 aromatic carbocycles. The Bertz CT molecular complexity index is 1200. The van der Waals surface area contributed by atoms with Crippen molar-refractivity contribution in [3.63, 3.8) is 0 Å². The van der Waals surface area contributed by atoms with Gasteiger partial charge in [0.2, 0.25) is 0 Å². The highest BCUT2D eigenvalue weighted by atomic mass is 32.2. The lowest BCUT2D eigenvalue weighted by molar-refractivity contribution is -0.103. The van der Waals surface area contributed by atoms with Gasteiger partial charge in [-0.15, -0.1) is 0 Å². The highest BCUT2D eigenvalue weighted by Gasteiger charge is 2.45. The maximum Gasteiger partial charge on any atom is 0.408 e. The lowest BCUT2D eigenvalue weighted by Crippen LogP contribution is -2.58. The van der Waals surface area contributed by atoms with Crippen LogP contribution in [0.5, 0.6) is 0 Å². The molecule has 2 aliphatic rings. The zero-order chi connectivity index (χ0) is 25.7. The molecule has 9 nitrogen and oxygen atoms in total. The molecule has 0 spiro atoms. The number of rotatable bonds is 5. The Hall–Kier alpha value is -2.57. The van der Waals surface area contributed by atoms with Crippen LogP contribution in [0.2, 0.25) is 0 Å². The van der Waals surface area contributed by atoms with Crippen molar-refractivity contribution in [2.75, 3.05) is 12.9 Å². The van der Waals surface area contributed by atoms with Gasteiger partial charge in [0, 0.05) is 48.2 Å². The van der Waals surface area contributed by atoms with E-state index in [4.69, 9.17) is 4.74 Å². The second kappa shape index (κ2) is 9.14. The van der Waals surface area contributed by atoms with Crippen molar-refractivity contribution in [3.8, 4) is 0 Å². The number of hydrogen-bond donors (Lipinski definition) is 1. The van der Waals surface area contributed by atoms with Crippen LogP contribution in [-0.2, 0) is 33.5 Å². The molecule has 4 rings (SSSR count). The first kappa shape index (κ1) is 25.5. The summed E-state index contributed by atoms with van der Waals surface area (Å²) in [6.07, 6.45) is 1.06. The molecule has 1 amide bonds. The molecule has 3 heterocycles. The summed E-state index contributed by atoms with van der Waals surface area (Å²) in [7, 11) is -3.23. The molecule has 0 radical (unpaired) electrons. The predicted molar refractivity (Wildman–Crippen MR) is 123 cm³/mol. The Labute approximate surface area is 203 Å². The number of nitrogens with zero attached hydrogens (tertiary/aromatic N) is 4. The molecule has 35 heavy (non-hydrogen) atoms. The summed E-state index contributed by atoms with van der Waals surface area (Å²) in [6.45, 7) is 6.40. The number of hydrogen-bond acceptors (Lipinski definition) is 6. The summed E-state index contributed by atoms with van der Waals surface area (Å²) in [5, 5.41) is 14.4. The Morgan fingerprint density at radius 3 is 2.60 bits per heavy atom. The van der Waals surface area contributed by atoms with Gasteiger partial charge < -0.3 is 9.84 Å². The van der Waals surface area contributed by atoms with E-state index < -0.39 is 45.2 Å². The average molecular weight is 513 g/mol. The molecule has 1 unspecified atom stereocenters. The van der Waals surface area contributed by atoms with Crippen molar-refractivity contribution >= 4 is 15.9 Å². The highest BCUT2D eigenvalue weighted by Crippen LogP contribution is 2.39. The topological polar surface area (TPSA) is 105 Å². The van der Waals surface area contributed by atoms with E-state index in [0.29, 0.717) is 19.5 Å². The largest absolute Gasteiger partial charge is 0.465 e. The third-order valence-corrected chi connectivity index (χ3v) is 7.12. The molecule has 3 atom stereocenters. The van der Waals surface area contributed by atoms with Crippen LogP contribution in [0.1, 0.15) is 50.1 Å². The summed E-state index contributed by atoms with van der Waals surface area (Å²) in [4.78, 5) is 15.7. The van der Waals surface area contributed by atoms with Gasteiger partial charge >= 0.3 is 6.09 Å². The zero-order valence-electron chi connectivity index (χ0n) is 20.1. The predicted octanol–water partition coefficient (Wildman–Crippen LogP) is 3.16. The van der Waals surface area contributed by atoms with Crippen molar-refractivity contribution in [1.82, 2.24) is 19.6 Å². The van der Waals surface area contributed by atoms with Crippen LogP contribution in [0.25, 0.3) is 0 Å². The minimum absolute atomic E-state index is 0.00857. The summed E-state index contributed by atoms with van der Waals surface area (Å²) in [6, 6.07) is 2.14. The Balaban J connectivity index is 1.60. The third kappa shape index (κ3) is 5.49. The average Bonchev–Trinajstić information content (AvgIpc) is 3.25. The molecule has 0 aliphatic carbocycles. The van der Waals surface area contributed by atoms with E-state index in [1.165, 1.54) is 9.58 Å². The summed E-state index contributed by atoms with van der Waals surface area (Å²) in [5.41, 5.74) is 0.832. The number of benzene rings is 1. The number of fused-ring (bicyclic) bond motifs is 1. The van der Waals surface area contributed by atoms with Crippen LogP contribution in [0.15, 0.2) is 24.4 Å². The van der Waals surface area contributed by atoms with Gasteiger partial charge in [-0.3, -0.25) is 14.5 Å². The molecule has 192 valence electrons. The molecule has 0 saturated carbocycles. The van der Waals surface area contributed by atoms with E-state index in [1.54, 1.807) is 27.0 Å². The third-order valence-electron chi connectivity index (χ3n) is 6.39. The van der Waals surface area contributed by atoms with Gasteiger partial charge in [0.15, 0.2) is 9.84 Å². The van der Waals surface area contributed by atoms with Crippen LogP contribution in [-0.4, -0.2) is 69.7 Å². The number of halogens is 2. The molecule has 0 bridgehead atoms. The van der Waals surface area contributed by atoms with Crippen molar-refractivity contribution < 1.29 is 31.8 Å². The van der Waals surface area contributed by atoms with Crippen molar-refractivity contribution in [2.45, 2.75) is 69.9 Å². The molecule has 1 N–H and O–H groups in total. The summed E-state index contributed by atoms with van der Waals surface area (Å²) in [5.74, 6) is -1.48. The fourth-order valence-corrected chi connectivity index (χ4v) is 5.66. The smallest absolute Gasteiger partial charge is 0.408 e. The SMILES string of the molecule is CC(C)(C)N(C(=O)O)[C@H]1CC(N2Cc3cn(CS(C)(=O)=O)nc3C2)CO[C@@H]1c1cc(F)ccc1F. The maximum absolute atomic E-state index is 14.7. The number of sulfone groups is 1. The monoisotopic (exact) mass is 512 g/mol. The molecular weight excluding hydrogens is 482 g/mol. The second-order valence-electron chi connectivity index (χ2n) is 10.3. The molecule has 2 aromatic rings. The molecule has 2 aliphatic heterocycles. The minimum Gasteiger partial charge on any atom is -0.465 e. The molecule has 1 fully saturated rings. The van der Waals surface area contributed by atoms with Gasteiger partial charge in [-0.1, -0.05) is 0 Å². The first-order valence-corrected chi connectivity index (χ1v) is 13.3. The first-order chi connectivity index (χ1) is 16.2. The van der Waals surface area contributed by atoms with Crippen molar-refractivity contribution in [2.24, 2.45) is 0 Å². The molecule has 12 heteroatoms. The van der Waals surface area contributed by atoms with E-state index in [1.807, 2.05) is 0 Å². The van der Waals surface area contributed by atoms with Crippen LogP contribution in [0.4, 0.5) is 13.6 Å². The standard InChI is InChI=1S/C23H30F2N4O5S/c1-23(2,3)29(22(30)31)20-8-16(12-34-21(20)17-7-15(24)5-6-18(17)25)27-9-14-10-28(13-35(4,32)33)26-19(14)11-27/h5-7,10,16,20-21H,8-9,11-13H2,1-4H3,(H,30,31)/t16?,20-,21+/m0/s1. The lowest BCUT2D eigenvalue weighted by Gasteiger charge is -2.48. The van der Waals surface area contributed by atoms with Crippen molar-refractivity contribution in [3.05, 3.63) is 52.9 Å². The van der Waals surface area contributed by atoms with Gasteiger partial charge in [-0.05, 0) is 45.4 Å². The highest BCUT2D eigenvalue weighted by molar-refractivity contribution is 7.89. The fraction of sp³-hybridized carbons (Fsp3) is 0.565. The van der Waals surface area contributed by atoms with Gasteiger partial charge in [0.1, 0.15) is 23.6 Å². The maximum atomic E-state index is 14.7. The summed E-state index contributed by atoms with van der Waals surface area (Å²) < 4.78 is 59.3. The zero-order valence-corrected chi connectivity index (χ0v) is 20.9. The lowest BCUT2D eigenvalue weighted by atomic mass is 9.88. The second-order valence-corrected chi connectivity index (χ2v) is 12.4. The fourth-order valence-electron chi connectivity index (χ4n) is 5.05. The minimum atomic E-state index is -3.23. The molecular formula is C23H30F2N4O5S. The number of ether oxygens (including phenoxy) is 1. The normalized spacial score (nSPS) is 23.3. The first-order valence-electron chi connectivity index (χ1n) is 11.3. The van der Waals surface area contributed by atoms with Crippen LogP contribution >= 0.6 is 0 Å². The van der Waals surface area contributed by atoms with Crippen molar-refractivity contribution in [1.29, 1.82) is 0 Å². The van der Waals surface area contributed by atoms with Crippen LogP contribution in [0, 0.1) is 11.6 Å². The van der Waals surface area contributed by atoms with Crippen LogP contribution < -0.4 is 0 Å². The van der Waals surface area contributed by atoms with Gasteiger partial charge in [0.05, 0.1) is 18.3 Å². The Morgan fingerprint density at radius 1 is 1.29 bits per heavy atom. The molecule has 1 aromatic heterocycles. The van der Waals surface area contributed by atoms with E-state index in [9.17, 15) is 27.1 Å². The van der Waals surface area contributed by atoms with E-state index in [0.717, 1.165) is 35.7 Å². The van der Waals surface area contributed by atoms with Gasteiger partial charge in [-0.25, -0.2) is 22.0 Å².